The van der Waals surface area contributed by atoms with Crippen LogP contribution in [0.5, 0.6) is 5.75 Å². The van der Waals surface area contributed by atoms with Gasteiger partial charge in [0.2, 0.25) is 10.0 Å². The van der Waals surface area contributed by atoms with E-state index in [1.165, 1.54) is 12.2 Å². The molecule has 2 N–H and O–H groups in total. The van der Waals surface area contributed by atoms with Gasteiger partial charge in [0.15, 0.2) is 5.78 Å². The Bertz CT molecular complexity index is 731. The van der Waals surface area contributed by atoms with Crippen LogP contribution in [0.1, 0.15) is 5.56 Å². The summed E-state index contributed by atoms with van der Waals surface area (Å²) < 4.78 is 28.3. The maximum absolute atomic E-state index is 12.2. The van der Waals surface area contributed by atoms with Crippen molar-refractivity contribution in [2.75, 3.05) is 0 Å². The van der Waals surface area contributed by atoms with E-state index in [-0.39, 0.29) is 4.91 Å². The monoisotopic (exact) mass is 277 g/mol. The fraction of sp³-hybridized carbons (Fsp3) is 0.154. The summed E-state index contributed by atoms with van der Waals surface area (Å²) in [5.74, 6) is 0.0593. The first-order valence-electron chi connectivity index (χ1n) is 5.71. The minimum atomic E-state index is -3.99. The van der Waals surface area contributed by atoms with Crippen LogP contribution < -0.4 is 9.88 Å². The molecule has 5 nitrogen and oxygen atoms in total. The predicted molar refractivity (Wildman–Crippen MR) is 68.5 cm³/mol. The number of rotatable bonds is 1. The van der Waals surface area contributed by atoms with Crippen LogP contribution in [0.3, 0.4) is 0 Å². The Morgan fingerprint density at radius 2 is 1.95 bits per heavy atom. The molecule has 2 aliphatic rings. The summed E-state index contributed by atoms with van der Waals surface area (Å²) >= 11 is 0. The quantitative estimate of drug-likeness (QED) is 0.825. The molecule has 0 aromatic heterocycles. The lowest BCUT2D eigenvalue weighted by atomic mass is 9.88. The highest BCUT2D eigenvalue weighted by atomic mass is 32.2. The molecule has 19 heavy (non-hydrogen) atoms. The molecule has 0 bridgehead atoms. The normalized spacial score (nSPS) is 21.7. The molecule has 1 aliphatic heterocycles. The summed E-state index contributed by atoms with van der Waals surface area (Å²) in [6, 6.07) is 7.36. The summed E-state index contributed by atoms with van der Waals surface area (Å²) in [6.07, 6.45) is 3.13. The molecule has 0 saturated carbocycles. The molecule has 0 amide bonds. The molecule has 6 heteroatoms. The van der Waals surface area contributed by atoms with Gasteiger partial charge in [0, 0.05) is 0 Å². The number of Topliss-reactive ketones (excluding diaryl/α,β-unsaturated/α-hetero) is 1. The SMILES string of the molecule is NS(=O)(=O)C1=CC=C2Oc3ccccc3CC2C1=O. The predicted octanol–water partition coefficient (Wildman–Crippen LogP) is 0.877. The third-order valence-electron chi connectivity index (χ3n) is 3.23. The number of allylic oxidation sites excluding steroid dienone is 4. The van der Waals surface area contributed by atoms with Crippen LogP contribution in [0, 0.1) is 5.92 Å². The van der Waals surface area contributed by atoms with E-state index in [2.05, 4.69) is 0 Å². The van der Waals surface area contributed by atoms with E-state index in [1.807, 2.05) is 24.3 Å². The van der Waals surface area contributed by atoms with Gasteiger partial charge in [-0.3, -0.25) is 4.79 Å². The van der Waals surface area contributed by atoms with Crippen LogP contribution in [0.4, 0.5) is 0 Å². The molecular weight excluding hydrogens is 266 g/mol. The van der Waals surface area contributed by atoms with Crippen molar-refractivity contribution < 1.29 is 17.9 Å². The van der Waals surface area contributed by atoms with Crippen molar-refractivity contribution in [3.05, 3.63) is 52.6 Å². The zero-order valence-corrected chi connectivity index (χ0v) is 10.7. The standard InChI is InChI=1S/C13H11NO4S/c14-19(16,17)12-6-5-11-9(13(12)15)7-8-3-1-2-4-10(8)18-11/h1-6,9H,7H2,(H2,14,16,17). The second-order valence-electron chi connectivity index (χ2n) is 4.48. The van der Waals surface area contributed by atoms with Gasteiger partial charge in [-0.2, -0.15) is 0 Å². The largest absolute Gasteiger partial charge is 0.461 e. The minimum absolute atomic E-state index is 0.357. The first kappa shape index (κ1) is 12.1. The molecule has 1 aromatic carbocycles. The van der Waals surface area contributed by atoms with Gasteiger partial charge in [-0.05, 0) is 30.2 Å². The maximum Gasteiger partial charge on any atom is 0.241 e. The molecule has 1 unspecified atom stereocenters. The number of primary sulfonamides is 1. The van der Waals surface area contributed by atoms with E-state index in [1.54, 1.807) is 0 Å². The molecule has 0 saturated heterocycles. The Hall–Kier alpha value is -1.92. The minimum Gasteiger partial charge on any atom is -0.461 e. The molecule has 1 aliphatic carbocycles. The van der Waals surface area contributed by atoms with Crippen molar-refractivity contribution in [2.24, 2.45) is 11.1 Å². The summed E-state index contributed by atoms with van der Waals surface area (Å²) in [5, 5.41) is 5.03. The fourth-order valence-corrected chi connectivity index (χ4v) is 2.99. The van der Waals surface area contributed by atoms with E-state index in [4.69, 9.17) is 9.88 Å². The van der Waals surface area contributed by atoms with Crippen LogP contribution in [-0.4, -0.2) is 14.2 Å². The lowest BCUT2D eigenvalue weighted by molar-refractivity contribution is -0.118. The number of carbonyl (C=O) groups excluding carboxylic acids is 1. The van der Waals surface area contributed by atoms with Crippen LogP contribution in [-0.2, 0) is 21.2 Å². The van der Waals surface area contributed by atoms with Crippen molar-refractivity contribution in [3.8, 4) is 5.75 Å². The highest BCUT2D eigenvalue weighted by molar-refractivity contribution is 7.94. The molecule has 0 radical (unpaired) electrons. The number of hydrogen-bond acceptors (Lipinski definition) is 4. The summed E-state index contributed by atoms with van der Waals surface area (Å²) in [4.78, 5) is 11.8. The van der Waals surface area contributed by atoms with Gasteiger partial charge in [-0.25, -0.2) is 13.6 Å². The Morgan fingerprint density at radius 1 is 1.21 bits per heavy atom. The van der Waals surface area contributed by atoms with Crippen LogP contribution in [0.15, 0.2) is 47.1 Å². The van der Waals surface area contributed by atoms with Gasteiger partial charge >= 0.3 is 0 Å². The Morgan fingerprint density at radius 3 is 2.68 bits per heavy atom. The highest BCUT2D eigenvalue weighted by Crippen LogP contribution is 2.36. The zero-order chi connectivity index (χ0) is 13.6. The van der Waals surface area contributed by atoms with Crippen molar-refractivity contribution >= 4 is 15.8 Å². The van der Waals surface area contributed by atoms with E-state index in [9.17, 15) is 13.2 Å². The third-order valence-corrected chi connectivity index (χ3v) is 4.18. The van der Waals surface area contributed by atoms with Gasteiger partial charge in [0.1, 0.15) is 16.4 Å². The summed E-state index contributed by atoms with van der Waals surface area (Å²) in [6.45, 7) is 0. The van der Waals surface area contributed by atoms with E-state index >= 15 is 0 Å². The van der Waals surface area contributed by atoms with E-state index in [0.29, 0.717) is 17.9 Å². The maximum atomic E-state index is 12.2. The third kappa shape index (κ3) is 1.98. The molecule has 1 aromatic rings. The van der Waals surface area contributed by atoms with Crippen molar-refractivity contribution in [3.63, 3.8) is 0 Å². The number of sulfonamides is 1. The van der Waals surface area contributed by atoms with Gasteiger partial charge in [0.05, 0.1) is 5.92 Å². The van der Waals surface area contributed by atoms with Crippen molar-refractivity contribution in [1.82, 2.24) is 0 Å². The van der Waals surface area contributed by atoms with Gasteiger partial charge in [0.25, 0.3) is 0 Å². The van der Waals surface area contributed by atoms with Crippen LogP contribution in [0.2, 0.25) is 0 Å². The number of nitrogens with two attached hydrogens (primary N) is 1. The molecular formula is C13H11NO4S. The lowest BCUT2D eigenvalue weighted by Crippen LogP contribution is -2.33. The van der Waals surface area contributed by atoms with Gasteiger partial charge in [-0.1, -0.05) is 18.2 Å². The van der Waals surface area contributed by atoms with Gasteiger partial charge in [-0.15, -0.1) is 0 Å². The molecule has 3 rings (SSSR count). The second-order valence-corrected chi connectivity index (χ2v) is 6.01. The van der Waals surface area contributed by atoms with E-state index < -0.39 is 21.7 Å². The topological polar surface area (TPSA) is 86.5 Å². The lowest BCUT2D eigenvalue weighted by Gasteiger charge is -2.28. The molecule has 0 fully saturated rings. The highest BCUT2D eigenvalue weighted by Gasteiger charge is 2.37. The molecule has 1 heterocycles. The van der Waals surface area contributed by atoms with Crippen molar-refractivity contribution in [2.45, 2.75) is 6.42 Å². The Kier molecular flexibility index (Phi) is 2.58. The van der Waals surface area contributed by atoms with Crippen LogP contribution in [0.25, 0.3) is 0 Å². The number of fused-ring (bicyclic) bond motifs is 2. The van der Waals surface area contributed by atoms with Gasteiger partial charge < -0.3 is 4.74 Å². The molecule has 98 valence electrons. The Labute approximate surface area is 110 Å². The number of ketones is 1. The first-order chi connectivity index (χ1) is 8.97. The molecule has 1 atom stereocenters. The smallest absolute Gasteiger partial charge is 0.241 e. The van der Waals surface area contributed by atoms with Crippen molar-refractivity contribution in [1.29, 1.82) is 0 Å². The number of carbonyl (C=O) groups is 1. The number of hydrogen-bond donors (Lipinski definition) is 1. The number of para-hydroxylation sites is 1. The first-order valence-corrected chi connectivity index (χ1v) is 7.26. The zero-order valence-electron chi connectivity index (χ0n) is 9.87. The van der Waals surface area contributed by atoms with E-state index in [0.717, 1.165) is 5.56 Å². The second kappa shape index (κ2) is 4.04. The number of ether oxygens (including phenoxy) is 1. The summed E-state index contributed by atoms with van der Waals surface area (Å²) in [5.41, 5.74) is 0.883. The Balaban J connectivity index is 2.06. The summed E-state index contributed by atoms with van der Waals surface area (Å²) in [7, 11) is -3.99. The molecule has 0 spiro atoms. The fourth-order valence-electron chi connectivity index (χ4n) is 2.31. The average molecular weight is 277 g/mol. The average Bonchev–Trinajstić information content (AvgIpc) is 2.36. The van der Waals surface area contributed by atoms with Crippen LogP contribution >= 0.6 is 0 Å². The number of benzene rings is 1.